The fourth-order valence-electron chi connectivity index (χ4n) is 4.75. The van der Waals surface area contributed by atoms with Crippen molar-refractivity contribution in [2.45, 2.75) is 31.7 Å². The van der Waals surface area contributed by atoms with Gasteiger partial charge in [0.05, 0.1) is 12.4 Å². The van der Waals surface area contributed by atoms with Crippen LogP contribution in [0.15, 0.2) is 30.6 Å². The summed E-state index contributed by atoms with van der Waals surface area (Å²) in [5.74, 6) is 0.314. The number of hydrogen-bond acceptors (Lipinski definition) is 8. The number of aryl methyl sites for hydroxylation is 1. The second-order valence-corrected chi connectivity index (χ2v) is 9.10. The van der Waals surface area contributed by atoms with Crippen molar-refractivity contribution in [1.82, 2.24) is 29.8 Å². The van der Waals surface area contributed by atoms with E-state index in [9.17, 15) is 10.1 Å². The number of hydrogen-bond donors (Lipinski definition) is 1. The lowest BCUT2D eigenvalue weighted by atomic mass is 10.1. The van der Waals surface area contributed by atoms with Gasteiger partial charge in [0.1, 0.15) is 6.07 Å². The quantitative estimate of drug-likeness (QED) is 0.578. The second kappa shape index (κ2) is 9.27. The van der Waals surface area contributed by atoms with Gasteiger partial charge < -0.3 is 14.4 Å². The zero-order chi connectivity index (χ0) is 23.7. The van der Waals surface area contributed by atoms with E-state index >= 15 is 0 Å². The maximum atomic E-state index is 13.3. The predicted molar refractivity (Wildman–Crippen MR) is 129 cm³/mol. The minimum atomic E-state index is -0.210. The standard InChI is InChI=1S/C24H29N9O/c1-30-11-13-32(14-12-30)18-9-7-17(8-10-18)24(34)29-33(19-5-3-4-6-19)23-21-22(31(2)16-26-21)27-20(15-25)28-23/h7-10,16,19H,3-6,11-14H2,1-2H3,(H,29,34). The smallest absolute Gasteiger partial charge is 0.269 e. The molecule has 0 atom stereocenters. The number of carbonyl (C=O) groups excluding carboxylic acids is 1. The number of nitrogens with zero attached hydrogens (tertiary/aromatic N) is 8. The lowest BCUT2D eigenvalue weighted by Gasteiger charge is -2.34. The minimum Gasteiger partial charge on any atom is -0.369 e. The molecule has 1 aliphatic heterocycles. The molecule has 1 amide bonds. The molecule has 2 aromatic heterocycles. The average molecular weight is 460 g/mol. The Morgan fingerprint density at radius 3 is 2.47 bits per heavy atom. The van der Waals surface area contributed by atoms with Crippen molar-refractivity contribution < 1.29 is 4.79 Å². The Morgan fingerprint density at radius 1 is 1.09 bits per heavy atom. The molecule has 1 saturated heterocycles. The van der Waals surface area contributed by atoms with E-state index in [0.717, 1.165) is 57.5 Å². The lowest BCUT2D eigenvalue weighted by Crippen LogP contribution is -2.48. The molecule has 176 valence electrons. The molecular formula is C24H29N9O. The fourth-order valence-corrected chi connectivity index (χ4v) is 4.75. The zero-order valence-electron chi connectivity index (χ0n) is 19.6. The van der Waals surface area contributed by atoms with Gasteiger partial charge in [0, 0.05) is 44.5 Å². The molecule has 10 heteroatoms. The third-order valence-electron chi connectivity index (χ3n) is 6.78. The third kappa shape index (κ3) is 4.26. The van der Waals surface area contributed by atoms with Crippen molar-refractivity contribution in [3.05, 3.63) is 42.0 Å². The number of imidazole rings is 1. The van der Waals surface area contributed by atoms with Crippen molar-refractivity contribution >= 4 is 28.6 Å². The van der Waals surface area contributed by atoms with Crippen molar-refractivity contribution in [2.75, 3.05) is 43.1 Å². The van der Waals surface area contributed by atoms with Gasteiger partial charge in [0.15, 0.2) is 17.0 Å². The van der Waals surface area contributed by atoms with E-state index in [1.165, 1.54) is 0 Å². The third-order valence-corrected chi connectivity index (χ3v) is 6.78. The number of aromatic nitrogens is 4. The van der Waals surface area contributed by atoms with E-state index in [1.807, 2.05) is 42.4 Å². The number of rotatable bonds is 5. The summed E-state index contributed by atoms with van der Waals surface area (Å²) in [6.07, 6.45) is 5.68. The Hall–Kier alpha value is -3.71. The van der Waals surface area contributed by atoms with E-state index < -0.39 is 0 Å². The molecule has 34 heavy (non-hydrogen) atoms. The van der Waals surface area contributed by atoms with Crippen molar-refractivity contribution in [2.24, 2.45) is 7.05 Å². The molecule has 2 fully saturated rings. The van der Waals surface area contributed by atoms with Crippen LogP contribution in [0.5, 0.6) is 0 Å². The topological polar surface area (TPSA) is 106 Å². The van der Waals surface area contributed by atoms with E-state index in [4.69, 9.17) is 0 Å². The number of hydrazine groups is 1. The summed E-state index contributed by atoms with van der Waals surface area (Å²) in [4.78, 5) is 31.2. The summed E-state index contributed by atoms with van der Waals surface area (Å²) in [5.41, 5.74) is 5.91. The molecule has 1 aliphatic carbocycles. The highest BCUT2D eigenvalue weighted by Crippen LogP contribution is 2.30. The first-order valence-corrected chi connectivity index (χ1v) is 11.8. The van der Waals surface area contributed by atoms with Crippen molar-refractivity contribution in [3.63, 3.8) is 0 Å². The molecule has 10 nitrogen and oxygen atoms in total. The van der Waals surface area contributed by atoms with Gasteiger partial charge in [-0.3, -0.25) is 15.2 Å². The molecule has 1 N–H and O–H groups in total. The maximum absolute atomic E-state index is 13.3. The number of amides is 1. The van der Waals surface area contributed by atoms with Gasteiger partial charge in [0.25, 0.3) is 5.91 Å². The van der Waals surface area contributed by atoms with Gasteiger partial charge in [0.2, 0.25) is 5.82 Å². The SMILES string of the molecule is CN1CCN(c2ccc(C(=O)NN(c3nc(C#N)nc4c3ncn4C)C3CCCC3)cc2)CC1. The van der Waals surface area contributed by atoms with Crippen molar-refractivity contribution in [1.29, 1.82) is 5.26 Å². The van der Waals surface area contributed by atoms with Crippen LogP contribution in [0.25, 0.3) is 11.2 Å². The number of nitrogens with one attached hydrogen (secondary N) is 1. The monoisotopic (exact) mass is 459 g/mol. The molecule has 0 radical (unpaired) electrons. The molecule has 5 rings (SSSR count). The minimum absolute atomic E-state index is 0.0554. The van der Waals surface area contributed by atoms with Crippen molar-refractivity contribution in [3.8, 4) is 6.07 Å². The first-order valence-electron chi connectivity index (χ1n) is 11.8. The van der Waals surface area contributed by atoms with Gasteiger partial charge in [-0.25, -0.2) is 4.98 Å². The van der Waals surface area contributed by atoms with Crippen LogP contribution in [0, 0.1) is 11.3 Å². The largest absolute Gasteiger partial charge is 0.369 e. The highest BCUT2D eigenvalue weighted by molar-refractivity contribution is 5.96. The highest BCUT2D eigenvalue weighted by Gasteiger charge is 2.29. The number of fused-ring (bicyclic) bond motifs is 1. The van der Waals surface area contributed by atoms with Crippen LogP contribution < -0.4 is 15.3 Å². The second-order valence-electron chi connectivity index (χ2n) is 9.10. The van der Waals surface area contributed by atoms with Gasteiger partial charge in [-0.1, -0.05) is 12.8 Å². The van der Waals surface area contributed by atoms with E-state index in [1.54, 1.807) is 10.9 Å². The number of piperazine rings is 1. The number of likely N-dealkylation sites (N-methyl/N-ethyl adjacent to an activating group) is 1. The lowest BCUT2D eigenvalue weighted by molar-refractivity contribution is 0.0944. The van der Waals surface area contributed by atoms with Crippen LogP contribution in [0.3, 0.4) is 0 Å². The molecule has 0 unspecified atom stereocenters. The van der Waals surface area contributed by atoms with Gasteiger partial charge in [-0.05, 0) is 44.2 Å². The molecule has 1 saturated carbocycles. The number of carbonyl (C=O) groups is 1. The van der Waals surface area contributed by atoms with Crippen LogP contribution in [0.1, 0.15) is 41.9 Å². The number of nitriles is 1. The first kappa shape index (κ1) is 22.1. The first-order chi connectivity index (χ1) is 16.5. The van der Waals surface area contributed by atoms with Crippen LogP contribution >= 0.6 is 0 Å². The normalized spacial score (nSPS) is 17.1. The van der Waals surface area contributed by atoms with E-state index in [0.29, 0.717) is 22.5 Å². The molecule has 3 aromatic rings. The summed E-state index contributed by atoms with van der Waals surface area (Å²) >= 11 is 0. The summed E-state index contributed by atoms with van der Waals surface area (Å²) in [5, 5.41) is 11.3. The van der Waals surface area contributed by atoms with Crippen LogP contribution in [0.4, 0.5) is 11.5 Å². The van der Waals surface area contributed by atoms with E-state index in [-0.39, 0.29) is 17.8 Å². The Labute approximate surface area is 198 Å². The zero-order valence-corrected chi connectivity index (χ0v) is 19.6. The Morgan fingerprint density at radius 2 is 1.79 bits per heavy atom. The Bertz CT molecular complexity index is 1220. The highest BCUT2D eigenvalue weighted by atomic mass is 16.2. The number of anilines is 2. The summed E-state index contributed by atoms with van der Waals surface area (Å²) < 4.78 is 1.76. The molecule has 0 spiro atoms. The van der Waals surface area contributed by atoms with Crippen LogP contribution in [-0.4, -0.2) is 69.6 Å². The molecule has 0 bridgehead atoms. The van der Waals surface area contributed by atoms with Gasteiger partial charge >= 0.3 is 0 Å². The fraction of sp³-hybridized carbons (Fsp3) is 0.458. The maximum Gasteiger partial charge on any atom is 0.269 e. The Kier molecular flexibility index (Phi) is 6.02. The average Bonchev–Trinajstić information content (AvgIpc) is 3.53. The predicted octanol–water partition coefficient (Wildman–Crippen LogP) is 2.08. The van der Waals surface area contributed by atoms with Crippen LogP contribution in [0.2, 0.25) is 0 Å². The Balaban J connectivity index is 1.42. The molecule has 2 aliphatic rings. The summed E-state index contributed by atoms with van der Waals surface area (Å²) in [6, 6.07) is 9.88. The molecule has 1 aromatic carbocycles. The summed E-state index contributed by atoms with van der Waals surface area (Å²) in [6.45, 7) is 4.02. The number of benzene rings is 1. The van der Waals surface area contributed by atoms with Crippen LogP contribution in [-0.2, 0) is 7.05 Å². The van der Waals surface area contributed by atoms with E-state index in [2.05, 4.69) is 37.2 Å². The molecule has 3 heterocycles. The van der Waals surface area contributed by atoms with Gasteiger partial charge in [-0.15, -0.1) is 0 Å². The molecular weight excluding hydrogens is 430 g/mol. The van der Waals surface area contributed by atoms with Gasteiger partial charge in [-0.2, -0.15) is 15.2 Å². The summed E-state index contributed by atoms with van der Waals surface area (Å²) in [7, 11) is 3.96.